The van der Waals surface area contributed by atoms with Crippen LogP contribution in [0.3, 0.4) is 0 Å². The molecule has 0 amide bonds. The molecule has 0 bridgehead atoms. The molecule has 4 aliphatic heterocycles. The summed E-state index contributed by atoms with van der Waals surface area (Å²) in [5, 5.41) is 19.8. The Bertz CT molecular complexity index is 2030. The molecule has 0 aromatic heterocycles. The van der Waals surface area contributed by atoms with E-state index in [1.807, 2.05) is 0 Å². The number of ether oxygens (including phenoxy) is 2. The number of nitrogens with zero attached hydrogens (tertiary/aromatic N) is 2. The molecule has 0 saturated heterocycles. The topological polar surface area (TPSA) is 99.3 Å². The summed E-state index contributed by atoms with van der Waals surface area (Å²) in [5.74, 6) is 0.316. The molecule has 0 spiro atoms. The number of rotatable bonds is 15. The number of hydrogen-bond acceptors (Lipinski definition) is 5. The van der Waals surface area contributed by atoms with Crippen molar-refractivity contribution in [1.29, 1.82) is 0 Å². The average Bonchev–Trinajstić information content (AvgIpc) is 3.94. The number of benzene rings is 2. The lowest BCUT2D eigenvalue weighted by atomic mass is 9.72. The van der Waals surface area contributed by atoms with Gasteiger partial charge < -0.3 is 24.6 Å². The monoisotopic (exact) mass is 767 g/mol. The molecule has 4 heterocycles. The third kappa shape index (κ3) is 6.93. The number of anilines is 1. The van der Waals surface area contributed by atoms with Crippen LogP contribution in [0.2, 0.25) is 0 Å². The van der Waals surface area contributed by atoms with Gasteiger partial charge in [0.15, 0.2) is 5.71 Å². The van der Waals surface area contributed by atoms with E-state index in [0.717, 1.165) is 96.8 Å². The molecule has 9 heteroatoms. The lowest BCUT2D eigenvalue weighted by Gasteiger charge is -2.32. The normalized spacial score (nSPS) is 20.6. The van der Waals surface area contributed by atoms with E-state index in [4.69, 9.17) is 21.1 Å². The van der Waals surface area contributed by atoms with Gasteiger partial charge in [-0.3, -0.25) is 9.59 Å². The van der Waals surface area contributed by atoms with Crippen LogP contribution in [0.15, 0.2) is 70.4 Å². The Balaban J connectivity index is 1.27. The standard InChI is InChI=1S/C46H55ClN2O6/c1-5-45(6-2)34-26-32-20-24-54-38(32)28-36(34)48(22-10-14-42(50)51)40(45)18-16-30-12-9-13-31(44(30)47)17-19-41-46(7-3,8-4)35-27-33-21-25-55-39(33)29-37(35)49(41)23-11-15-43(52)53/h16-19,26-29H,5-15,20-25H2,1-4H3,(H-,50,51,52,53)/p+1. The van der Waals surface area contributed by atoms with Crippen LogP contribution in [0.5, 0.6) is 11.5 Å². The number of carbonyl (C=O) groups is 2. The first-order valence-corrected chi connectivity index (χ1v) is 20.9. The second-order valence-corrected chi connectivity index (χ2v) is 16.1. The zero-order valence-electron chi connectivity index (χ0n) is 32.9. The van der Waals surface area contributed by atoms with Gasteiger partial charge in [0.1, 0.15) is 18.0 Å². The van der Waals surface area contributed by atoms with Crippen LogP contribution in [-0.4, -0.2) is 58.7 Å². The zero-order chi connectivity index (χ0) is 38.9. The van der Waals surface area contributed by atoms with Crippen molar-refractivity contribution in [1.82, 2.24) is 0 Å². The summed E-state index contributed by atoms with van der Waals surface area (Å²) < 4.78 is 14.4. The van der Waals surface area contributed by atoms with Crippen LogP contribution in [-0.2, 0) is 33.3 Å². The van der Waals surface area contributed by atoms with Crippen molar-refractivity contribution in [3.8, 4) is 11.5 Å². The van der Waals surface area contributed by atoms with E-state index in [9.17, 15) is 19.8 Å². The van der Waals surface area contributed by atoms with Crippen LogP contribution in [0.4, 0.5) is 11.4 Å². The maximum Gasteiger partial charge on any atom is 0.303 e. The minimum Gasteiger partial charge on any atom is -0.493 e. The Morgan fingerprint density at radius 3 is 2.09 bits per heavy atom. The molecular formula is C46H56ClN2O6+. The maximum absolute atomic E-state index is 11.6. The number of hydrogen-bond donors (Lipinski definition) is 2. The van der Waals surface area contributed by atoms with Crippen molar-refractivity contribution in [3.63, 3.8) is 0 Å². The highest BCUT2D eigenvalue weighted by molar-refractivity contribution is 6.32. The van der Waals surface area contributed by atoms with E-state index in [1.165, 1.54) is 33.7 Å². The van der Waals surface area contributed by atoms with Gasteiger partial charge in [-0.05, 0) is 97.4 Å². The summed E-state index contributed by atoms with van der Waals surface area (Å²) in [6, 6.07) is 9.05. The Morgan fingerprint density at radius 1 is 0.800 bits per heavy atom. The van der Waals surface area contributed by atoms with E-state index in [0.29, 0.717) is 39.1 Å². The highest BCUT2D eigenvalue weighted by Gasteiger charge is 2.50. The number of allylic oxidation sites excluding steroid dienone is 8. The van der Waals surface area contributed by atoms with Gasteiger partial charge in [-0.1, -0.05) is 51.4 Å². The molecule has 2 aromatic carbocycles. The van der Waals surface area contributed by atoms with Crippen LogP contribution < -0.4 is 14.4 Å². The van der Waals surface area contributed by atoms with Crippen molar-refractivity contribution in [2.75, 3.05) is 31.2 Å². The van der Waals surface area contributed by atoms with Gasteiger partial charge in [-0.25, -0.2) is 0 Å². The average molecular weight is 768 g/mol. The van der Waals surface area contributed by atoms with Crippen molar-refractivity contribution >= 4 is 40.6 Å². The minimum atomic E-state index is -0.780. The maximum atomic E-state index is 11.6. The second kappa shape index (κ2) is 16.0. The van der Waals surface area contributed by atoms with E-state index >= 15 is 0 Å². The minimum absolute atomic E-state index is 0.117. The first-order valence-electron chi connectivity index (χ1n) is 20.6. The first-order chi connectivity index (χ1) is 26.6. The van der Waals surface area contributed by atoms with Crippen LogP contribution in [0.25, 0.3) is 0 Å². The molecule has 0 atom stereocenters. The van der Waals surface area contributed by atoms with E-state index < -0.39 is 11.9 Å². The molecule has 2 aromatic rings. The molecule has 2 N–H and O–H groups in total. The van der Waals surface area contributed by atoms with Crippen molar-refractivity contribution in [2.24, 2.45) is 0 Å². The summed E-state index contributed by atoms with van der Waals surface area (Å²) in [5.41, 5.74) is 11.6. The van der Waals surface area contributed by atoms with Gasteiger partial charge in [-0.2, -0.15) is 4.58 Å². The Kier molecular flexibility index (Phi) is 11.4. The predicted octanol–water partition coefficient (Wildman–Crippen LogP) is 10.1. The van der Waals surface area contributed by atoms with Crippen molar-refractivity contribution < 1.29 is 33.9 Å². The molecule has 0 radical (unpaired) electrons. The SMILES string of the molecule is CCC1(CC)C(/C=C/C2=C(Cl)C(=C/C=C3\N(CCCC(=O)O)c4cc5c(cc4C3(CC)CC)CCO5)/CCC2)=[N+](CCCC(=O)O)c2cc3c(cc21)CCO3. The van der Waals surface area contributed by atoms with Crippen LogP contribution in [0, 0.1) is 0 Å². The fourth-order valence-electron chi connectivity index (χ4n) is 10.0. The van der Waals surface area contributed by atoms with E-state index in [2.05, 4.69) is 85.7 Å². The third-order valence-corrected chi connectivity index (χ3v) is 13.6. The number of fused-ring (bicyclic) bond motifs is 4. The number of carboxylic acid groups (broad SMARTS) is 2. The van der Waals surface area contributed by atoms with Gasteiger partial charge in [0, 0.05) is 71.8 Å². The van der Waals surface area contributed by atoms with Gasteiger partial charge in [0.2, 0.25) is 5.69 Å². The lowest BCUT2D eigenvalue weighted by molar-refractivity contribution is -0.438. The quantitative estimate of drug-likeness (QED) is 0.174. The van der Waals surface area contributed by atoms with Crippen molar-refractivity contribution in [3.05, 3.63) is 92.7 Å². The van der Waals surface area contributed by atoms with Crippen LogP contribution in [0.1, 0.15) is 121 Å². The highest BCUT2D eigenvalue weighted by Crippen LogP contribution is 2.55. The van der Waals surface area contributed by atoms with Crippen LogP contribution >= 0.6 is 11.6 Å². The number of carboxylic acids is 2. The third-order valence-electron chi connectivity index (χ3n) is 13.1. The predicted molar refractivity (Wildman–Crippen MR) is 219 cm³/mol. The fourth-order valence-corrected chi connectivity index (χ4v) is 10.3. The zero-order valence-corrected chi connectivity index (χ0v) is 33.7. The summed E-state index contributed by atoms with van der Waals surface area (Å²) in [4.78, 5) is 25.5. The Hall–Kier alpha value is -4.30. The molecule has 7 rings (SSSR count). The summed E-state index contributed by atoms with van der Waals surface area (Å²) >= 11 is 7.35. The number of halogens is 1. The molecule has 1 aliphatic carbocycles. The molecule has 0 saturated carbocycles. The second-order valence-electron chi connectivity index (χ2n) is 15.7. The number of aliphatic carboxylic acids is 2. The van der Waals surface area contributed by atoms with Gasteiger partial charge in [-0.15, -0.1) is 0 Å². The Morgan fingerprint density at radius 2 is 1.44 bits per heavy atom. The largest absolute Gasteiger partial charge is 0.493 e. The summed E-state index contributed by atoms with van der Waals surface area (Å²) in [6.45, 7) is 11.6. The lowest BCUT2D eigenvalue weighted by Crippen LogP contribution is -2.33. The van der Waals surface area contributed by atoms with Crippen molar-refractivity contribution in [2.45, 2.75) is 122 Å². The molecule has 0 unspecified atom stereocenters. The summed E-state index contributed by atoms with van der Waals surface area (Å²) in [7, 11) is 0. The summed E-state index contributed by atoms with van der Waals surface area (Å²) in [6.07, 6.45) is 18.5. The molecule has 292 valence electrons. The highest BCUT2D eigenvalue weighted by atomic mass is 35.5. The molecule has 8 nitrogen and oxygen atoms in total. The molecule has 0 fully saturated rings. The molecular weight excluding hydrogens is 712 g/mol. The smallest absolute Gasteiger partial charge is 0.303 e. The van der Waals surface area contributed by atoms with Gasteiger partial charge >= 0.3 is 11.9 Å². The van der Waals surface area contributed by atoms with Gasteiger partial charge in [0.05, 0.1) is 31.1 Å². The Labute approximate surface area is 330 Å². The molecule has 5 aliphatic rings. The molecule has 55 heavy (non-hydrogen) atoms. The van der Waals surface area contributed by atoms with E-state index in [1.54, 1.807) is 0 Å². The first kappa shape index (κ1) is 39.0. The van der Waals surface area contributed by atoms with Gasteiger partial charge in [0.25, 0.3) is 0 Å². The fraction of sp³-hybridized carbons (Fsp3) is 0.500. The van der Waals surface area contributed by atoms with E-state index in [-0.39, 0.29) is 23.7 Å².